The number of benzene rings is 1. The number of hydrogen-bond acceptors (Lipinski definition) is 4. The zero-order valence-electron chi connectivity index (χ0n) is 14.4. The molecule has 1 aromatic rings. The number of phenols is 1. The fraction of sp³-hybridized carbons (Fsp3) is 0.700. The third-order valence-corrected chi connectivity index (χ3v) is 6.95. The van der Waals surface area contributed by atoms with Gasteiger partial charge in [0.15, 0.2) is 12.5 Å². The van der Waals surface area contributed by atoms with E-state index in [0.717, 1.165) is 19.6 Å². The molecule has 2 unspecified atom stereocenters. The minimum atomic E-state index is -0.0210. The molecule has 1 N–H and O–H groups in total. The summed E-state index contributed by atoms with van der Waals surface area (Å²) in [6.45, 7) is 3.84. The van der Waals surface area contributed by atoms with Crippen molar-refractivity contribution >= 4 is 0 Å². The number of fused-ring (bicyclic) bond motifs is 1. The van der Waals surface area contributed by atoms with Crippen molar-refractivity contribution in [2.24, 2.45) is 5.92 Å². The summed E-state index contributed by atoms with van der Waals surface area (Å²) in [4.78, 5) is 2.59. The first-order valence-corrected chi connectivity index (χ1v) is 9.58. The van der Waals surface area contributed by atoms with Crippen LogP contribution < -0.4 is 0 Å². The van der Waals surface area contributed by atoms with Crippen LogP contribution in [0, 0.1) is 5.92 Å². The van der Waals surface area contributed by atoms with Crippen LogP contribution >= 0.6 is 0 Å². The van der Waals surface area contributed by atoms with Gasteiger partial charge in [0.25, 0.3) is 0 Å². The maximum atomic E-state index is 10.1. The molecule has 0 amide bonds. The fourth-order valence-corrected chi connectivity index (χ4v) is 5.95. The lowest BCUT2D eigenvalue weighted by molar-refractivity contribution is -0.0343. The number of hydrogen-bond donors (Lipinski definition) is 1. The van der Waals surface area contributed by atoms with E-state index in [0.29, 0.717) is 17.7 Å². The Morgan fingerprint density at radius 1 is 1.33 bits per heavy atom. The predicted octanol–water partition coefficient (Wildman–Crippen LogP) is 3.17. The average Bonchev–Trinajstić information content (AvgIpc) is 3.35. The van der Waals surface area contributed by atoms with Crippen molar-refractivity contribution < 1.29 is 14.6 Å². The molecule has 5 atom stereocenters. The molecule has 2 saturated heterocycles. The zero-order chi connectivity index (χ0) is 16.3. The van der Waals surface area contributed by atoms with Gasteiger partial charge in [0.05, 0.1) is 0 Å². The van der Waals surface area contributed by atoms with Crippen LogP contribution in [0.1, 0.15) is 50.2 Å². The molecule has 2 heterocycles. The van der Waals surface area contributed by atoms with Gasteiger partial charge in [0.1, 0.15) is 5.75 Å². The third kappa shape index (κ3) is 2.09. The van der Waals surface area contributed by atoms with Crippen LogP contribution in [0.2, 0.25) is 0 Å². The highest BCUT2D eigenvalue weighted by Crippen LogP contribution is 2.57. The molecule has 130 valence electrons. The lowest BCUT2D eigenvalue weighted by atomic mass is 9.52. The van der Waals surface area contributed by atoms with E-state index in [1.54, 1.807) is 0 Å². The highest BCUT2D eigenvalue weighted by atomic mass is 16.8. The van der Waals surface area contributed by atoms with Crippen LogP contribution in [-0.2, 0) is 21.3 Å². The van der Waals surface area contributed by atoms with E-state index in [1.165, 1.54) is 43.2 Å². The smallest absolute Gasteiger partial charge is 0.199 e. The van der Waals surface area contributed by atoms with Crippen LogP contribution in [0.15, 0.2) is 18.2 Å². The Morgan fingerprint density at radius 2 is 2.25 bits per heavy atom. The topological polar surface area (TPSA) is 45.2 Å². The minimum Gasteiger partial charge on any atom is -0.508 e. The molecule has 5 rings (SSSR count). The summed E-state index contributed by atoms with van der Waals surface area (Å²) in [6.07, 6.45) is 7.65. The van der Waals surface area contributed by atoms with Crippen LogP contribution in [0.25, 0.3) is 0 Å². The van der Waals surface area contributed by atoms with E-state index in [4.69, 9.17) is 9.47 Å². The number of nitrogens with zero attached hydrogens (tertiary/aromatic N) is 1. The first kappa shape index (κ1) is 15.2. The average molecular weight is 329 g/mol. The Morgan fingerprint density at radius 3 is 3.12 bits per heavy atom. The van der Waals surface area contributed by atoms with E-state index < -0.39 is 0 Å². The Hall–Kier alpha value is -1.10. The molecule has 24 heavy (non-hydrogen) atoms. The second-order valence-corrected chi connectivity index (χ2v) is 7.96. The van der Waals surface area contributed by atoms with Crippen molar-refractivity contribution in [1.82, 2.24) is 4.90 Å². The maximum Gasteiger partial charge on any atom is 0.199 e. The lowest BCUT2D eigenvalue weighted by Gasteiger charge is -2.58. The third-order valence-electron chi connectivity index (χ3n) is 6.95. The van der Waals surface area contributed by atoms with Crippen LogP contribution in [0.5, 0.6) is 5.75 Å². The highest BCUT2D eigenvalue weighted by Gasteiger charge is 2.58. The van der Waals surface area contributed by atoms with E-state index >= 15 is 0 Å². The summed E-state index contributed by atoms with van der Waals surface area (Å²) in [7, 11) is 0. The van der Waals surface area contributed by atoms with E-state index in [-0.39, 0.29) is 17.9 Å². The summed E-state index contributed by atoms with van der Waals surface area (Å²) in [5.74, 6) is 1.12. The molecule has 4 nitrogen and oxygen atoms in total. The molecule has 1 aromatic carbocycles. The number of likely N-dealkylation sites (tertiary alicyclic amines) is 1. The first-order chi connectivity index (χ1) is 11.7. The highest BCUT2D eigenvalue weighted by molar-refractivity contribution is 5.45. The van der Waals surface area contributed by atoms with E-state index in [1.807, 2.05) is 13.0 Å². The zero-order valence-corrected chi connectivity index (χ0v) is 14.4. The van der Waals surface area contributed by atoms with Crippen LogP contribution in [0.4, 0.5) is 0 Å². The Kier molecular flexibility index (Phi) is 3.45. The van der Waals surface area contributed by atoms with Gasteiger partial charge in [-0.2, -0.15) is 0 Å². The first-order valence-electron chi connectivity index (χ1n) is 9.58. The van der Waals surface area contributed by atoms with Gasteiger partial charge in [-0.15, -0.1) is 0 Å². The van der Waals surface area contributed by atoms with Gasteiger partial charge in [0, 0.05) is 24.6 Å². The van der Waals surface area contributed by atoms with Crippen molar-refractivity contribution in [1.29, 1.82) is 0 Å². The normalized spacial score (nSPS) is 40.7. The summed E-state index contributed by atoms with van der Waals surface area (Å²) in [5, 5.41) is 10.1. The van der Waals surface area contributed by atoms with E-state index in [2.05, 4.69) is 17.0 Å². The molecule has 0 spiro atoms. The van der Waals surface area contributed by atoms with Crippen molar-refractivity contribution in [3.05, 3.63) is 29.3 Å². The minimum absolute atomic E-state index is 0.0210. The quantitative estimate of drug-likeness (QED) is 0.865. The number of ether oxygens (including phenoxy) is 2. The number of rotatable bonds is 3. The molecule has 0 radical (unpaired) electrons. The number of aromatic hydroxyl groups is 1. The molecule has 4 aliphatic rings. The molecule has 3 fully saturated rings. The van der Waals surface area contributed by atoms with E-state index in [9.17, 15) is 5.11 Å². The molecule has 0 aromatic heterocycles. The SMILES string of the molecule is CCOC1OC1N1CC[C@@]23CCCC[C@@H]2[C@@H]1Cc1ccc(O)cc13. The molecule has 2 aliphatic carbocycles. The second kappa shape index (κ2) is 5.45. The summed E-state index contributed by atoms with van der Waals surface area (Å²) in [6, 6.07) is 6.64. The van der Waals surface area contributed by atoms with Gasteiger partial charge in [-0.3, -0.25) is 4.90 Å². The fourth-order valence-electron chi connectivity index (χ4n) is 5.95. The largest absolute Gasteiger partial charge is 0.508 e. The van der Waals surface area contributed by atoms with Crippen LogP contribution in [0.3, 0.4) is 0 Å². The van der Waals surface area contributed by atoms with Crippen molar-refractivity contribution in [3.63, 3.8) is 0 Å². The molecular formula is C20H27NO3. The van der Waals surface area contributed by atoms with Gasteiger partial charge in [0.2, 0.25) is 0 Å². The number of piperidine rings is 1. The molecule has 1 saturated carbocycles. The van der Waals surface area contributed by atoms with Gasteiger partial charge in [-0.1, -0.05) is 18.9 Å². The lowest BCUT2D eigenvalue weighted by Crippen LogP contribution is -2.61. The Balaban J connectivity index is 1.52. The van der Waals surface area contributed by atoms with Crippen molar-refractivity contribution in [3.8, 4) is 5.75 Å². The van der Waals surface area contributed by atoms with Gasteiger partial charge in [-0.25, -0.2) is 0 Å². The molecule has 2 aliphatic heterocycles. The molecule has 2 bridgehead atoms. The van der Waals surface area contributed by atoms with Gasteiger partial charge in [-0.05, 0) is 61.8 Å². The number of epoxide rings is 1. The van der Waals surface area contributed by atoms with Gasteiger partial charge >= 0.3 is 0 Å². The van der Waals surface area contributed by atoms with Crippen LogP contribution in [-0.4, -0.2) is 41.7 Å². The van der Waals surface area contributed by atoms with Gasteiger partial charge < -0.3 is 14.6 Å². The van der Waals surface area contributed by atoms with Crippen molar-refractivity contribution in [2.75, 3.05) is 13.2 Å². The summed E-state index contributed by atoms with van der Waals surface area (Å²) in [5.41, 5.74) is 3.16. The summed E-state index contributed by atoms with van der Waals surface area (Å²) >= 11 is 0. The molecule has 4 heteroatoms. The second-order valence-electron chi connectivity index (χ2n) is 7.96. The van der Waals surface area contributed by atoms with Crippen molar-refractivity contribution in [2.45, 2.75) is 69.4 Å². The number of phenolic OH excluding ortho intramolecular Hbond substituents is 1. The Labute approximate surface area is 143 Å². The Bertz CT molecular complexity index is 648. The standard InChI is InChI=1S/C20H27NO3/c1-2-23-19-18(24-19)21-10-9-20-8-4-3-5-15(20)17(21)11-13-6-7-14(22)12-16(13)20/h6-7,12,15,17-19,22H,2-5,8-11H2,1H3/t15-,17+,18?,19?,20+/m1/s1. The maximum absolute atomic E-state index is 10.1. The predicted molar refractivity (Wildman–Crippen MR) is 90.8 cm³/mol. The molecular weight excluding hydrogens is 302 g/mol. The summed E-state index contributed by atoms with van der Waals surface area (Å²) < 4.78 is 11.5. The monoisotopic (exact) mass is 329 g/mol.